The standard InChI is InChI=1S/C22H34N4O3S/c1-23-21(26-13-12-22(17-26)10-2-3-11-22)24-15-18-6-8-20(9-7-18)30(27,28)25-16-19-5-4-14-29-19/h6-9,19,25H,2-5,10-17H2,1H3,(H,23,24). The Hall–Kier alpha value is -1.64. The van der Waals surface area contributed by atoms with E-state index in [2.05, 4.69) is 19.9 Å². The van der Waals surface area contributed by atoms with Gasteiger partial charge in [-0.3, -0.25) is 4.99 Å². The van der Waals surface area contributed by atoms with Crippen LogP contribution in [0.3, 0.4) is 0 Å². The second-order valence-electron chi connectivity index (χ2n) is 8.91. The highest BCUT2D eigenvalue weighted by Gasteiger charge is 2.41. The molecule has 8 heteroatoms. The quantitative estimate of drug-likeness (QED) is 0.531. The third-order valence-electron chi connectivity index (χ3n) is 6.82. The lowest BCUT2D eigenvalue weighted by Crippen LogP contribution is -2.40. The Bertz CT molecular complexity index is 842. The van der Waals surface area contributed by atoms with Crippen molar-refractivity contribution in [1.29, 1.82) is 0 Å². The Morgan fingerprint density at radius 1 is 1.20 bits per heavy atom. The van der Waals surface area contributed by atoms with Crippen molar-refractivity contribution in [2.24, 2.45) is 10.4 Å². The summed E-state index contributed by atoms with van der Waals surface area (Å²) in [6.45, 7) is 3.84. The molecule has 1 aromatic carbocycles. The maximum Gasteiger partial charge on any atom is 0.240 e. The molecule has 1 unspecified atom stereocenters. The first kappa shape index (κ1) is 21.6. The number of ether oxygens (including phenoxy) is 1. The highest BCUT2D eigenvalue weighted by atomic mass is 32.2. The molecule has 3 fully saturated rings. The summed E-state index contributed by atoms with van der Waals surface area (Å²) in [6, 6.07) is 7.06. The Morgan fingerprint density at radius 3 is 2.63 bits per heavy atom. The van der Waals surface area contributed by atoms with E-state index in [-0.39, 0.29) is 11.0 Å². The van der Waals surface area contributed by atoms with Gasteiger partial charge in [-0.1, -0.05) is 25.0 Å². The Balaban J connectivity index is 1.29. The number of likely N-dealkylation sites (tertiary alicyclic amines) is 1. The number of nitrogens with one attached hydrogen (secondary N) is 2. The van der Waals surface area contributed by atoms with E-state index in [0.717, 1.165) is 44.1 Å². The Morgan fingerprint density at radius 2 is 1.97 bits per heavy atom. The first-order valence-corrected chi connectivity index (χ1v) is 12.6. The molecular formula is C22H34N4O3S. The Kier molecular flexibility index (Phi) is 6.65. The van der Waals surface area contributed by atoms with Gasteiger partial charge in [-0.2, -0.15) is 0 Å². The minimum atomic E-state index is -3.51. The number of guanidine groups is 1. The second-order valence-corrected chi connectivity index (χ2v) is 10.7. The normalized spacial score (nSPS) is 24.1. The van der Waals surface area contributed by atoms with Crippen LogP contribution in [0.4, 0.5) is 0 Å². The summed E-state index contributed by atoms with van der Waals surface area (Å²) in [5, 5.41) is 3.45. The van der Waals surface area contributed by atoms with Crippen LogP contribution < -0.4 is 10.0 Å². The van der Waals surface area contributed by atoms with Gasteiger partial charge >= 0.3 is 0 Å². The van der Waals surface area contributed by atoms with Crippen LogP contribution in [0.5, 0.6) is 0 Å². The third-order valence-corrected chi connectivity index (χ3v) is 8.26. The number of hydrogen-bond donors (Lipinski definition) is 2. The lowest BCUT2D eigenvalue weighted by atomic mass is 9.86. The predicted octanol–water partition coefficient (Wildman–Crippen LogP) is 2.49. The molecule has 0 bridgehead atoms. The van der Waals surface area contributed by atoms with Crippen molar-refractivity contribution in [3.8, 4) is 0 Å². The highest BCUT2D eigenvalue weighted by molar-refractivity contribution is 7.89. The SMILES string of the molecule is CN=C(NCc1ccc(S(=O)(=O)NCC2CCCO2)cc1)N1CCC2(CCCC2)C1. The minimum Gasteiger partial charge on any atom is -0.377 e. The first-order chi connectivity index (χ1) is 14.5. The molecule has 2 aliphatic heterocycles. The smallest absolute Gasteiger partial charge is 0.240 e. The van der Waals surface area contributed by atoms with Gasteiger partial charge in [0, 0.05) is 39.8 Å². The van der Waals surface area contributed by atoms with E-state index in [9.17, 15) is 8.42 Å². The van der Waals surface area contributed by atoms with E-state index in [1.54, 1.807) is 12.1 Å². The number of rotatable bonds is 6. The van der Waals surface area contributed by atoms with Gasteiger partial charge in [-0.25, -0.2) is 13.1 Å². The largest absolute Gasteiger partial charge is 0.377 e. The van der Waals surface area contributed by atoms with Crippen LogP contribution in [-0.2, 0) is 21.3 Å². The van der Waals surface area contributed by atoms with Gasteiger partial charge in [-0.05, 0) is 55.2 Å². The maximum atomic E-state index is 12.5. The van der Waals surface area contributed by atoms with Gasteiger partial charge in [0.2, 0.25) is 10.0 Å². The van der Waals surface area contributed by atoms with Crippen LogP contribution in [0.15, 0.2) is 34.2 Å². The van der Waals surface area contributed by atoms with Crippen LogP contribution in [0.25, 0.3) is 0 Å². The molecule has 1 saturated carbocycles. The summed E-state index contributed by atoms with van der Waals surface area (Å²) >= 11 is 0. The second kappa shape index (κ2) is 9.24. The highest BCUT2D eigenvalue weighted by Crippen LogP contribution is 2.45. The summed E-state index contributed by atoms with van der Waals surface area (Å²) in [6.07, 6.45) is 8.56. The van der Waals surface area contributed by atoms with Gasteiger partial charge in [0.25, 0.3) is 0 Å². The fourth-order valence-corrected chi connectivity index (χ4v) is 6.11. The van der Waals surface area contributed by atoms with Crippen molar-refractivity contribution in [1.82, 2.24) is 14.9 Å². The van der Waals surface area contributed by atoms with E-state index in [1.165, 1.54) is 32.1 Å². The number of aliphatic imine (C=N–C) groups is 1. The average molecular weight is 435 g/mol. The topological polar surface area (TPSA) is 83.0 Å². The predicted molar refractivity (Wildman–Crippen MR) is 118 cm³/mol. The number of benzene rings is 1. The molecule has 2 heterocycles. The van der Waals surface area contributed by atoms with Gasteiger partial charge < -0.3 is 15.0 Å². The molecule has 1 aromatic rings. The zero-order valence-corrected chi connectivity index (χ0v) is 18.7. The zero-order valence-electron chi connectivity index (χ0n) is 17.9. The van der Waals surface area contributed by atoms with Crippen LogP contribution in [0, 0.1) is 5.41 Å². The van der Waals surface area contributed by atoms with Gasteiger partial charge in [0.05, 0.1) is 11.0 Å². The number of hydrogen-bond acceptors (Lipinski definition) is 4. The van der Waals surface area contributed by atoms with Crippen LogP contribution in [-0.4, -0.2) is 58.7 Å². The van der Waals surface area contributed by atoms with Crippen LogP contribution in [0.2, 0.25) is 0 Å². The monoisotopic (exact) mass is 434 g/mol. The van der Waals surface area contributed by atoms with E-state index in [1.807, 2.05) is 19.2 Å². The van der Waals surface area contributed by atoms with E-state index < -0.39 is 10.0 Å². The molecule has 4 rings (SSSR count). The maximum absolute atomic E-state index is 12.5. The fourth-order valence-electron chi connectivity index (χ4n) is 5.04. The summed E-state index contributed by atoms with van der Waals surface area (Å²) in [5.41, 5.74) is 1.54. The summed E-state index contributed by atoms with van der Waals surface area (Å²) in [4.78, 5) is 7.13. The summed E-state index contributed by atoms with van der Waals surface area (Å²) in [7, 11) is -1.68. The van der Waals surface area contributed by atoms with E-state index in [4.69, 9.17) is 4.74 Å². The lowest BCUT2D eigenvalue weighted by molar-refractivity contribution is 0.114. The molecule has 0 aromatic heterocycles. The molecule has 0 amide bonds. The van der Waals surface area contributed by atoms with Gasteiger partial charge in [0.15, 0.2) is 5.96 Å². The molecule has 2 N–H and O–H groups in total. The molecule has 1 atom stereocenters. The zero-order chi connectivity index (χ0) is 21.0. The van der Waals surface area contributed by atoms with Crippen molar-refractivity contribution in [3.63, 3.8) is 0 Å². The molecule has 166 valence electrons. The molecule has 2 saturated heterocycles. The van der Waals surface area contributed by atoms with Crippen LogP contribution in [0.1, 0.15) is 50.5 Å². The molecule has 0 radical (unpaired) electrons. The molecule has 7 nitrogen and oxygen atoms in total. The molecule has 1 aliphatic carbocycles. The first-order valence-electron chi connectivity index (χ1n) is 11.2. The molecule has 30 heavy (non-hydrogen) atoms. The lowest BCUT2D eigenvalue weighted by Gasteiger charge is -2.26. The number of nitrogens with zero attached hydrogens (tertiary/aromatic N) is 2. The third kappa shape index (κ3) is 4.98. The van der Waals surface area contributed by atoms with Crippen molar-refractivity contribution in [2.45, 2.75) is 62.5 Å². The van der Waals surface area contributed by atoms with E-state index >= 15 is 0 Å². The summed E-state index contributed by atoms with van der Waals surface area (Å²) in [5.74, 6) is 0.939. The van der Waals surface area contributed by atoms with Crippen molar-refractivity contribution in [2.75, 3.05) is 33.3 Å². The average Bonchev–Trinajstić information content (AvgIpc) is 3.51. The van der Waals surface area contributed by atoms with Crippen LogP contribution >= 0.6 is 0 Å². The molecule has 3 aliphatic rings. The minimum absolute atomic E-state index is 0.0102. The van der Waals surface area contributed by atoms with Gasteiger partial charge in [-0.15, -0.1) is 0 Å². The van der Waals surface area contributed by atoms with Crippen molar-refractivity contribution in [3.05, 3.63) is 29.8 Å². The molecule has 1 spiro atoms. The van der Waals surface area contributed by atoms with Gasteiger partial charge in [0.1, 0.15) is 0 Å². The van der Waals surface area contributed by atoms with Crippen molar-refractivity contribution >= 4 is 16.0 Å². The molecular weight excluding hydrogens is 400 g/mol. The Labute approximate surface area is 180 Å². The summed E-state index contributed by atoms with van der Waals surface area (Å²) < 4.78 is 33.2. The van der Waals surface area contributed by atoms with E-state index in [0.29, 0.717) is 18.5 Å². The number of sulfonamides is 1. The van der Waals surface area contributed by atoms with Crippen molar-refractivity contribution < 1.29 is 13.2 Å². The fraction of sp³-hybridized carbons (Fsp3) is 0.682.